The van der Waals surface area contributed by atoms with Gasteiger partial charge in [-0.3, -0.25) is 0 Å². The minimum atomic E-state index is 0.257. The number of hydrogen-bond acceptors (Lipinski definition) is 5. The lowest BCUT2D eigenvalue weighted by Crippen LogP contribution is -1.99. The predicted octanol–water partition coefficient (Wildman–Crippen LogP) is 5.08. The fourth-order valence-electron chi connectivity index (χ4n) is 3.11. The largest absolute Gasteiger partial charge is 0.454 e. The van der Waals surface area contributed by atoms with Gasteiger partial charge in [0.1, 0.15) is 5.82 Å². The molecule has 3 aromatic carbocycles. The molecule has 0 saturated carbocycles. The summed E-state index contributed by atoms with van der Waals surface area (Å²) < 4.78 is 10.9. The van der Waals surface area contributed by atoms with Crippen LogP contribution in [0.4, 0.5) is 11.5 Å². The fraction of sp³-hybridized carbons (Fsp3) is 0.0909. The quantitative estimate of drug-likeness (QED) is 0.555. The maximum Gasteiger partial charge on any atom is 0.231 e. The average molecular weight is 355 g/mol. The molecule has 0 bridgehead atoms. The lowest BCUT2D eigenvalue weighted by atomic mass is 10.1. The van der Waals surface area contributed by atoms with E-state index in [1.54, 1.807) is 0 Å². The molecule has 4 aromatic rings. The molecule has 0 unspecified atom stereocenters. The van der Waals surface area contributed by atoms with E-state index < -0.39 is 0 Å². The lowest BCUT2D eigenvalue weighted by Gasteiger charge is -2.11. The Bertz CT molecular complexity index is 1140. The number of fused-ring (bicyclic) bond motifs is 2. The van der Waals surface area contributed by atoms with Crippen LogP contribution >= 0.6 is 0 Å². The first-order valence-corrected chi connectivity index (χ1v) is 8.77. The Kier molecular flexibility index (Phi) is 3.64. The van der Waals surface area contributed by atoms with Gasteiger partial charge >= 0.3 is 0 Å². The van der Waals surface area contributed by atoms with E-state index in [4.69, 9.17) is 19.4 Å². The zero-order valence-electron chi connectivity index (χ0n) is 14.8. The molecule has 27 heavy (non-hydrogen) atoms. The molecule has 1 aromatic heterocycles. The topological polar surface area (TPSA) is 56.3 Å². The highest BCUT2D eigenvalue weighted by Crippen LogP contribution is 2.36. The van der Waals surface area contributed by atoms with Crippen LogP contribution in [0, 0.1) is 6.92 Å². The van der Waals surface area contributed by atoms with E-state index in [2.05, 4.69) is 24.4 Å². The van der Waals surface area contributed by atoms with Crippen molar-refractivity contribution in [1.29, 1.82) is 0 Å². The molecule has 0 fully saturated rings. The zero-order chi connectivity index (χ0) is 18.2. The Labute approximate surface area is 156 Å². The number of aryl methyl sites for hydroxylation is 1. The number of hydrogen-bond donors (Lipinski definition) is 1. The van der Waals surface area contributed by atoms with Crippen LogP contribution in [0.1, 0.15) is 5.56 Å². The fourth-order valence-corrected chi connectivity index (χ4v) is 3.11. The number of benzene rings is 3. The molecule has 132 valence electrons. The monoisotopic (exact) mass is 355 g/mol. The second kappa shape index (κ2) is 6.29. The Balaban J connectivity index is 1.60. The molecular formula is C22H17N3O2. The molecule has 1 aliphatic heterocycles. The molecule has 0 amide bonds. The molecule has 5 rings (SSSR count). The molecule has 5 nitrogen and oxygen atoms in total. The van der Waals surface area contributed by atoms with Crippen LogP contribution in [0.15, 0.2) is 66.7 Å². The van der Waals surface area contributed by atoms with Crippen molar-refractivity contribution in [3.8, 4) is 22.9 Å². The molecule has 5 heteroatoms. The third kappa shape index (κ3) is 2.93. The van der Waals surface area contributed by atoms with Gasteiger partial charge in [-0.25, -0.2) is 9.97 Å². The number of nitrogens with one attached hydrogen (secondary N) is 1. The highest BCUT2D eigenvalue weighted by molar-refractivity contribution is 5.92. The second-order valence-electron chi connectivity index (χ2n) is 6.47. The van der Waals surface area contributed by atoms with Gasteiger partial charge in [-0.1, -0.05) is 42.0 Å². The number of ether oxygens (including phenoxy) is 2. The summed E-state index contributed by atoms with van der Waals surface area (Å²) in [6.07, 6.45) is 0. The molecule has 0 spiro atoms. The first kappa shape index (κ1) is 15.6. The third-order valence-corrected chi connectivity index (χ3v) is 4.55. The summed E-state index contributed by atoms with van der Waals surface area (Å²) in [6, 6.07) is 22.0. The summed E-state index contributed by atoms with van der Waals surface area (Å²) in [5, 5.41) is 4.38. The number of para-hydroxylation sites is 1. The summed E-state index contributed by atoms with van der Waals surface area (Å²) in [4.78, 5) is 9.53. The van der Waals surface area contributed by atoms with Crippen LogP contribution in [0.2, 0.25) is 0 Å². The van der Waals surface area contributed by atoms with E-state index in [0.29, 0.717) is 5.82 Å². The van der Waals surface area contributed by atoms with Crippen LogP contribution in [0.5, 0.6) is 11.5 Å². The highest BCUT2D eigenvalue weighted by Gasteiger charge is 2.15. The van der Waals surface area contributed by atoms with E-state index in [1.807, 2.05) is 54.6 Å². The minimum Gasteiger partial charge on any atom is -0.454 e. The predicted molar refractivity (Wildman–Crippen MR) is 106 cm³/mol. The Morgan fingerprint density at radius 1 is 0.852 bits per heavy atom. The Morgan fingerprint density at radius 3 is 2.56 bits per heavy atom. The average Bonchev–Trinajstić information content (AvgIpc) is 3.16. The van der Waals surface area contributed by atoms with Crippen molar-refractivity contribution in [1.82, 2.24) is 9.97 Å². The summed E-state index contributed by atoms with van der Waals surface area (Å²) in [6.45, 7) is 2.32. The van der Waals surface area contributed by atoms with Crippen molar-refractivity contribution in [2.45, 2.75) is 6.92 Å². The maximum atomic E-state index is 5.47. The minimum absolute atomic E-state index is 0.257. The van der Waals surface area contributed by atoms with Crippen molar-refractivity contribution < 1.29 is 9.47 Å². The van der Waals surface area contributed by atoms with Gasteiger partial charge in [-0.2, -0.15) is 0 Å². The normalized spacial score (nSPS) is 12.3. The van der Waals surface area contributed by atoms with Crippen molar-refractivity contribution in [3.63, 3.8) is 0 Å². The maximum absolute atomic E-state index is 5.47. The molecule has 0 atom stereocenters. The van der Waals surface area contributed by atoms with E-state index in [9.17, 15) is 0 Å². The molecule has 0 saturated heterocycles. The van der Waals surface area contributed by atoms with E-state index in [1.165, 1.54) is 5.56 Å². The smallest absolute Gasteiger partial charge is 0.231 e. The number of anilines is 2. The summed E-state index contributed by atoms with van der Waals surface area (Å²) in [5.41, 5.74) is 3.97. The number of aromatic nitrogens is 2. The van der Waals surface area contributed by atoms with Crippen LogP contribution in [0.3, 0.4) is 0 Å². The second-order valence-corrected chi connectivity index (χ2v) is 6.47. The van der Waals surface area contributed by atoms with Gasteiger partial charge in [-0.15, -0.1) is 0 Å². The first-order valence-electron chi connectivity index (χ1n) is 8.77. The van der Waals surface area contributed by atoms with Crippen molar-refractivity contribution >= 4 is 22.4 Å². The summed E-state index contributed by atoms with van der Waals surface area (Å²) in [7, 11) is 0. The van der Waals surface area contributed by atoms with Crippen molar-refractivity contribution in [2.24, 2.45) is 0 Å². The summed E-state index contributed by atoms with van der Waals surface area (Å²) >= 11 is 0. The molecule has 1 aliphatic rings. The van der Waals surface area contributed by atoms with Gasteiger partial charge < -0.3 is 14.8 Å². The molecule has 2 heterocycles. The standard InChI is InChI=1S/C22H17N3O2/c1-14-6-8-15(9-7-14)21-24-18-5-3-2-4-17(18)22(25-21)23-16-10-11-19-20(12-16)27-13-26-19/h2-12H,13H2,1H3,(H,23,24,25). The lowest BCUT2D eigenvalue weighted by molar-refractivity contribution is 0.174. The first-order chi connectivity index (χ1) is 13.3. The van der Waals surface area contributed by atoms with E-state index >= 15 is 0 Å². The number of rotatable bonds is 3. The van der Waals surface area contributed by atoms with Crippen molar-refractivity contribution in [2.75, 3.05) is 12.1 Å². The zero-order valence-corrected chi connectivity index (χ0v) is 14.8. The highest BCUT2D eigenvalue weighted by atomic mass is 16.7. The molecule has 1 N–H and O–H groups in total. The molecule has 0 radical (unpaired) electrons. The van der Waals surface area contributed by atoms with Gasteiger partial charge in [-0.05, 0) is 31.2 Å². The van der Waals surface area contributed by atoms with Crippen molar-refractivity contribution in [3.05, 3.63) is 72.3 Å². The van der Waals surface area contributed by atoms with Gasteiger partial charge in [0.25, 0.3) is 0 Å². The van der Waals surface area contributed by atoms with Gasteiger partial charge in [0.2, 0.25) is 6.79 Å². The SMILES string of the molecule is Cc1ccc(-c2nc(Nc3ccc4c(c3)OCO4)c3ccccc3n2)cc1. The van der Waals surface area contributed by atoms with Crippen LogP contribution in [-0.4, -0.2) is 16.8 Å². The summed E-state index contributed by atoms with van der Waals surface area (Å²) in [5.74, 6) is 2.94. The van der Waals surface area contributed by atoms with Gasteiger partial charge in [0, 0.05) is 22.7 Å². The van der Waals surface area contributed by atoms with Crippen LogP contribution in [0.25, 0.3) is 22.3 Å². The molecular weight excluding hydrogens is 338 g/mol. The van der Waals surface area contributed by atoms with Crippen LogP contribution in [-0.2, 0) is 0 Å². The van der Waals surface area contributed by atoms with Crippen LogP contribution < -0.4 is 14.8 Å². The Morgan fingerprint density at radius 2 is 1.67 bits per heavy atom. The van der Waals surface area contributed by atoms with E-state index in [0.717, 1.165) is 39.5 Å². The Hall–Kier alpha value is -3.60. The van der Waals surface area contributed by atoms with Gasteiger partial charge in [0.15, 0.2) is 17.3 Å². The molecule has 0 aliphatic carbocycles. The van der Waals surface area contributed by atoms with E-state index in [-0.39, 0.29) is 6.79 Å². The van der Waals surface area contributed by atoms with Gasteiger partial charge in [0.05, 0.1) is 5.52 Å². The number of nitrogens with zero attached hydrogens (tertiary/aromatic N) is 2. The third-order valence-electron chi connectivity index (χ3n) is 4.55.